The van der Waals surface area contributed by atoms with Gasteiger partial charge in [0.2, 0.25) is 0 Å². The van der Waals surface area contributed by atoms with Crippen LogP contribution in [0, 0.1) is 0 Å². The van der Waals surface area contributed by atoms with Gasteiger partial charge in [0.05, 0.1) is 29.1 Å². The van der Waals surface area contributed by atoms with Gasteiger partial charge in [-0.05, 0) is 19.1 Å². The van der Waals surface area contributed by atoms with Crippen LogP contribution in [0.1, 0.15) is 12.6 Å². The predicted molar refractivity (Wildman–Crippen MR) is 72.7 cm³/mol. The minimum absolute atomic E-state index is 0.492. The quantitative estimate of drug-likeness (QED) is 0.881. The molecule has 2 heterocycles. The molecule has 1 aromatic heterocycles. The lowest BCUT2D eigenvalue weighted by molar-refractivity contribution is 0.636. The van der Waals surface area contributed by atoms with Crippen molar-refractivity contribution in [2.75, 3.05) is 16.8 Å². The Kier molecular flexibility index (Phi) is 2.73. The molecule has 1 aliphatic rings. The summed E-state index contributed by atoms with van der Waals surface area (Å²) in [6.07, 6.45) is 0. The normalized spacial score (nSPS) is 18.6. The second-order valence-electron chi connectivity index (χ2n) is 4.35. The third-order valence-corrected chi connectivity index (χ3v) is 3.78. The highest BCUT2D eigenvalue weighted by molar-refractivity contribution is 7.07. The first-order chi connectivity index (χ1) is 8.34. The van der Waals surface area contributed by atoms with Crippen molar-refractivity contribution in [3.63, 3.8) is 0 Å². The van der Waals surface area contributed by atoms with Crippen molar-refractivity contribution < 1.29 is 0 Å². The average Bonchev–Trinajstić information content (AvgIpc) is 2.86. The Morgan fingerprint density at radius 1 is 1.47 bits per heavy atom. The van der Waals surface area contributed by atoms with Crippen LogP contribution in [-0.4, -0.2) is 17.6 Å². The number of aromatic nitrogens is 1. The molecule has 1 aliphatic heterocycles. The Balaban J connectivity index is 1.92. The summed E-state index contributed by atoms with van der Waals surface area (Å²) in [5, 5.41) is 5.58. The number of anilines is 2. The van der Waals surface area contributed by atoms with Crippen molar-refractivity contribution >= 4 is 22.7 Å². The van der Waals surface area contributed by atoms with Crippen LogP contribution in [0.3, 0.4) is 0 Å². The Hall–Kier alpha value is -1.55. The number of para-hydroxylation sites is 2. The molecule has 17 heavy (non-hydrogen) atoms. The zero-order valence-corrected chi connectivity index (χ0v) is 10.6. The van der Waals surface area contributed by atoms with E-state index in [0.29, 0.717) is 6.04 Å². The monoisotopic (exact) mass is 245 g/mol. The van der Waals surface area contributed by atoms with E-state index in [-0.39, 0.29) is 0 Å². The fraction of sp³-hybridized carbons (Fsp3) is 0.308. The summed E-state index contributed by atoms with van der Waals surface area (Å²) in [5.41, 5.74) is 5.55. The van der Waals surface area contributed by atoms with E-state index in [0.717, 1.165) is 18.8 Å². The topological polar surface area (TPSA) is 28.2 Å². The molecule has 0 fully saturated rings. The molecule has 88 valence electrons. The van der Waals surface area contributed by atoms with Gasteiger partial charge in [0.15, 0.2) is 0 Å². The van der Waals surface area contributed by atoms with Gasteiger partial charge in [0.25, 0.3) is 0 Å². The van der Waals surface area contributed by atoms with Gasteiger partial charge in [0, 0.05) is 18.0 Å². The van der Waals surface area contributed by atoms with E-state index < -0.39 is 0 Å². The van der Waals surface area contributed by atoms with E-state index in [1.54, 1.807) is 11.3 Å². The summed E-state index contributed by atoms with van der Waals surface area (Å²) < 4.78 is 0. The summed E-state index contributed by atoms with van der Waals surface area (Å²) in [7, 11) is 0. The van der Waals surface area contributed by atoms with E-state index in [2.05, 4.69) is 51.8 Å². The van der Waals surface area contributed by atoms with Gasteiger partial charge in [-0.15, -0.1) is 11.3 Å². The van der Waals surface area contributed by atoms with Crippen LogP contribution in [0.5, 0.6) is 0 Å². The second-order valence-corrected chi connectivity index (χ2v) is 5.07. The molecule has 3 nitrogen and oxygen atoms in total. The number of nitrogens with one attached hydrogen (secondary N) is 1. The Bertz CT molecular complexity index is 495. The number of thiazole rings is 1. The highest BCUT2D eigenvalue weighted by Gasteiger charge is 2.22. The van der Waals surface area contributed by atoms with Crippen LogP contribution in [0.25, 0.3) is 0 Å². The van der Waals surface area contributed by atoms with Crippen LogP contribution in [0.2, 0.25) is 0 Å². The van der Waals surface area contributed by atoms with Gasteiger partial charge >= 0.3 is 0 Å². The predicted octanol–water partition coefficient (Wildman–Crippen LogP) is 2.96. The minimum atomic E-state index is 0.492. The Morgan fingerprint density at radius 2 is 2.35 bits per heavy atom. The number of nitrogens with zero attached hydrogens (tertiary/aromatic N) is 2. The number of hydrogen-bond donors (Lipinski definition) is 1. The first-order valence-electron chi connectivity index (χ1n) is 5.81. The van der Waals surface area contributed by atoms with Crippen molar-refractivity contribution in [3.05, 3.63) is 40.8 Å². The first-order valence-corrected chi connectivity index (χ1v) is 6.75. The van der Waals surface area contributed by atoms with Gasteiger partial charge in [-0.2, -0.15) is 0 Å². The Morgan fingerprint density at radius 3 is 3.18 bits per heavy atom. The summed E-state index contributed by atoms with van der Waals surface area (Å²) in [5.74, 6) is 0. The Labute approximate surface area is 105 Å². The number of rotatable bonds is 2. The zero-order valence-electron chi connectivity index (χ0n) is 9.76. The molecule has 0 amide bonds. The molecule has 0 saturated heterocycles. The minimum Gasteiger partial charge on any atom is -0.381 e. The van der Waals surface area contributed by atoms with E-state index >= 15 is 0 Å². The van der Waals surface area contributed by atoms with E-state index in [1.807, 2.05) is 5.51 Å². The lowest BCUT2D eigenvalue weighted by Gasteiger charge is -2.37. The summed E-state index contributed by atoms with van der Waals surface area (Å²) in [6.45, 7) is 4.12. The highest BCUT2D eigenvalue weighted by atomic mass is 32.1. The lowest BCUT2D eigenvalue weighted by Crippen LogP contribution is -2.41. The number of hydrogen-bond acceptors (Lipinski definition) is 4. The average molecular weight is 245 g/mol. The maximum Gasteiger partial charge on any atom is 0.0795 e. The summed E-state index contributed by atoms with van der Waals surface area (Å²) in [6, 6.07) is 8.96. The van der Waals surface area contributed by atoms with Gasteiger partial charge in [-0.1, -0.05) is 12.1 Å². The van der Waals surface area contributed by atoms with E-state index in [4.69, 9.17) is 0 Å². The maximum absolute atomic E-state index is 4.37. The number of fused-ring (bicyclic) bond motifs is 1. The molecule has 1 unspecified atom stereocenters. The van der Waals surface area contributed by atoms with Gasteiger partial charge in [0.1, 0.15) is 0 Å². The molecule has 0 spiro atoms. The van der Waals surface area contributed by atoms with Gasteiger partial charge in [-0.3, -0.25) is 0 Å². The van der Waals surface area contributed by atoms with Crippen LogP contribution in [0.15, 0.2) is 35.2 Å². The first kappa shape index (κ1) is 10.6. The second kappa shape index (κ2) is 4.37. The molecule has 1 aromatic carbocycles. The standard InChI is InChI=1S/C13H15N3S/c1-10-6-14-12-4-2-3-5-13(12)16(10)7-11-8-17-9-15-11/h2-5,8-10,14H,6-7H2,1H3. The molecule has 0 aliphatic carbocycles. The van der Waals surface area contributed by atoms with Crippen molar-refractivity contribution in [1.29, 1.82) is 0 Å². The molecule has 3 rings (SSSR count). The van der Waals surface area contributed by atoms with Crippen molar-refractivity contribution in [3.8, 4) is 0 Å². The van der Waals surface area contributed by atoms with Crippen LogP contribution < -0.4 is 10.2 Å². The molecular formula is C13H15N3S. The smallest absolute Gasteiger partial charge is 0.0795 e. The van der Waals surface area contributed by atoms with Gasteiger partial charge < -0.3 is 10.2 Å². The summed E-state index contributed by atoms with van der Waals surface area (Å²) in [4.78, 5) is 6.79. The maximum atomic E-state index is 4.37. The summed E-state index contributed by atoms with van der Waals surface area (Å²) >= 11 is 1.66. The van der Waals surface area contributed by atoms with Gasteiger partial charge in [-0.25, -0.2) is 4.98 Å². The molecule has 2 aromatic rings. The fourth-order valence-corrected chi connectivity index (χ4v) is 2.76. The number of benzene rings is 1. The van der Waals surface area contributed by atoms with Crippen molar-refractivity contribution in [2.45, 2.75) is 19.5 Å². The fourth-order valence-electron chi connectivity index (χ4n) is 2.21. The van der Waals surface area contributed by atoms with E-state index in [9.17, 15) is 0 Å². The molecule has 4 heteroatoms. The molecule has 0 radical (unpaired) electrons. The van der Waals surface area contributed by atoms with E-state index in [1.165, 1.54) is 11.4 Å². The van der Waals surface area contributed by atoms with Crippen LogP contribution in [-0.2, 0) is 6.54 Å². The van der Waals surface area contributed by atoms with Crippen LogP contribution in [0.4, 0.5) is 11.4 Å². The molecule has 0 bridgehead atoms. The van der Waals surface area contributed by atoms with Crippen molar-refractivity contribution in [2.24, 2.45) is 0 Å². The third-order valence-electron chi connectivity index (χ3n) is 3.15. The SMILES string of the molecule is CC1CNc2ccccc2N1Cc1cscn1. The molecule has 1 atom stereocenters. The molecule has 1 N–H and O–H groups in total. The highest BCUT2D eigenvalue weighted by Crippen LogP contribution is 2.32. The van der Waals surface area contributed by atoms with Crippen LogP contribution >= 0.6 is 11.3 Å². The largest absolute Gasteiger partial charge is 0.381 e. The lowest BCUT2D eigenvalue weighted by atomic mass is 10.1. The third kappa shape index (κ3) is 2.00. The molecule has 0 saturated carbocycles. The zero-order chi connectivity index (χ0) is 11.7. The van der Waals surface area contributed by atoms with Crippen molar-refractivity contribution in [1.82, 2.24) is 4.98 Å². The molecular weight excluding hydrogens is 230 g/mol.